The summed E-state index contributed by atoms with van der Waals surface area (Å²) in [4.78, 5) is 27.8. The molecule has 0 aromatic heterocycles. The van der Waals surface area contributed by atoms with Crippen LogP contribution in [0, 0.1) is 0 Å². The summed E-state index contributed by atoms with van der Waals surface area (Å²) in [5, 5.41) is 3.55. The largest absolute Gasteiger partial charge is 0.490 e. The van der Waals surface area contributed by atoms with Crippen LogP contribution in [-0.2, 0) is 22.6 Å². The Balaban J connectivity index is 2.19. The van der Waals surface area contributed by atoms with Crippen LogP contribution in [0.5, 0.6) is 11.5 Å². The molecule has 0 unspecified atom stereocenters. The summed E-state index contributed by atoms with van der Waals surface area (Å²) in [6.45, 7) is 10.9. The molecule has 186 valence electrons. The molecule has 0 bridgehead atoms. The summed E-state index contributed by atoms with van der Waals surface area (Å²) in [5.41, 5.74) is 1.77. The average Bonchev–Trinajstić information content (AvgIpc) is 2.83. The van der Waals surface area contributed by atoms with Gasteiger partial charge in [0.1, 0.15) is 6.04 Å². The number of benzene rings is 2. The van der Waals surface area contributed by atoms with Gasteiger partial charge in [-0.15, -0.1) is 0 Å². The van der Waals surface area contributed by atoms with E-state index in [0.29, 0.717) is 36.2 Å². The maximum Gasteiger partial charge on any atom is 0.242 e. The Kier molecular flexibility index (Phi) is 11.2. The van der Waals surface area contributed by atoms with Crippen molar-refractivity contribution in [2.75, 3.05) is 13.2 Å². The summed E-state index contributed by atoms with van der Waals surface area (Å²) in [6.07, 6.45) is 1.59. The molecular weight excluding hydrogens is 452 g/mol. The van der Waals surface area contributed by atoms with E-state index < -0.39 is 6.04 Å². The maximum absolute atomic E-state index is 13.4. The van der Waals surface area contributed by atoms with Crippen LogP contribution in [-0.4, -0.2) is 42.0 Å². The molecule has 34 heavy (non-hydrogen) atoms. The van der Waals surface area contributed by atoms with Gasteiger partial charge in [-0.05, 0) is 69.9 Å². The van der Waals surface area contributed by atoms with Crippen LogP contribution in [0.25, 0.3) is 0 Å². The number of ether oxygens (including phenoxy) is 2. The Labute approximate surface area is 208 Å². The zero-order chi connectivity index (χ0) is 25.1. The number of carbonyl (C=O) groups is 2. The van der Waals surface area contributed by atoms with Crippen LogP contribution in [0.1, 0.15) is 58.6 Å². The van der Waals surface area contributed by atoms with E-state index in [0.717, 1.165) is 17.5 Å². The normalized spacial score (nSPS) is 12.5. The van der Waals surface area contributed by atoms with Gasteiger partial charge in [0.25, 0.3) is 0 Å². The number of aryl methyl sites for hydroxylation is 1. The molecule has 0 radical (unpaired) electrons. The van der Waals surface area contributed by atoms with E-state index >= 15 is 0 Å². The Morgan fingerprint density at radius 3 is 2.32 bits per heavy atom. The third kappa shape index (κ3) is 7.94. The lowest BCUT2D eigenvalue weighted by Crippen LogP contribution is -2.49. The number of amides is 2. The Morgan fingerprint density at radius 2 is 1.68 bits per heavy atom. The second kappa shape index (κ2) is 13.9. The standard InChI is InChI=1S/C27H37ClN2O4/c1-6-19(4)29-27(32)20(5)30(18-22-11-9-10-12-23(22)28)26(31)16-14-21-13-15-24(33-7-2)25(17-21)34-8-3/h9-13,15,17,19-20H,6-8,14,16,18H2,1-5H3,(H,29,32)/t19-,20-/m1/s1. The van der Waals surface area contributed by atoms with Crippen molar-refractivity contribution in [2.24, 2.45) is 0 Å². The quantitative estimate of drug-likeness (QED) is 0.409. The lowest BCUT2D eigenvalue weighted by Gasteiger charge is -2.30. The molecule has 2 atom stereocenters. The predicted molar refractivity (Wildman–Crippen MR) is 136 cm³/mol. The first-order valence-corrected chi connectivity index (χ1v) is 12.4. The van der Waals surface area contributed by atoms with Gasteiger partial charge in [0.15, 0.2) is 11.5 Å². The molecular formula is C27H37ClN2O4. The zero-order valence-corrected chi connectivity index (χ0v) is 21.7. The van der Waals surface area contributed by atoms with Crippen LogP contribution in [0.4, 0.5) is 0 Å². The number of rotatable bonds is 13. The van der Waals surface area contributed by atoms with Crippen molar-refractivity contribution in [1.29, 1.82) is 0 Å². The fraction of sp³-hybridized carbons (Fsp3) is 0.481. The van der Waals surface area contributed by atoms with Crippen molar-refractivity contribution >= 4 is 23.4 Å². The molecule has 2 aromatic rings. The molecule has 2 amide bonds. The van der Waals surface area contributed by atoms with Crippen LogP contribution in [0.3, 0.4) is 0 Å². The Bertz CT molecular complexity index is 950. The van der Waals surface area contributed by atoms with Crippen molar-refractivity contribution < 1.29 is 19.1 Å². The predicted octanol–water partition coefficient (Wildman–Crippen LogP) is 5.40. The van der Waals surface area contributed by atoms with Crippen LogP contribution in [0.15, 0.2) is 42.5 Å². The summed E-state index contributed by atoms with van der Waals surface area (Å²) < 4.78 is 11.3. The van der Waals surface area contributed by atoms with Crippen molar-refractivity contribution in [3.05, 3.63) is 58.6 Å². The first-order valence-electron chi connectivity index (χ1n) is 12.0. The van der Waals surface area contributed by atoms with Crippen LogP contribution >= 0.6 is 11.6 Å². The Hall–Kier alpha value is -2.73. The number of carbonyl (C=O) groups excluding carboxylic acids is 2. The van der Waals surface area contributed by atoms with E-state index in [4.69, 9.17) is 21.1 Å². The van der Waals surface area contributed by atoms with Crippen molar-refractivity contribution in [3.63, 3.8) is 0 Å². The van der Waals surface area contributed by atoms with E-state index in [9.17, 15) is 9.59 Å². The monoisotopic (exact) mass is 488 g/mol. The molecule has 0 saturated heterocycles. The van der Waals surface area contributed by atoms with Crippen LogP contribution in [0.2, 0.25) is 5.02 Å². The summed E-state index contributed by atoms with van der Waals surface area (Å²) in [6, 6.07) is 12.5. The smallest absolute Gasteiger partial charge is 0.242 e. The topological polar surface area (TPSA) is 67.9 Å². The van der Waals surface area contributed by atoms with Crippen molar-refractivity contribution in [3.8, 4) is 11.5 Å². The highest BCUT2D eigenvalue weighted by Gasteiger charge is 2.27. The van der Waals surface area contributed by atoms with E-state index in [2.05, 4.69) is 5.32 Å². The fourth-order valence-electron chi connectivity index (χ4n) is 3.50. The highest BCUT2D eigenvalue weighted by molar-refractivity contribution is 6.31. The van der Waals surface area contributed by atoms with Gasteiger partial charge in [-0.2, -0.15) is 0 Å². The number of halogens is 1. The maximum atomic E-state index is 13.4. The number of hydrogen-bond acceptors (Lipinski definition) is 4. The molecule has 0 aliphatic heterocycles. The highest BCUT2D eigenvalue weighted by Crippen LogP contribution is 2.29. The van der Waals surface area contributed by atoms with Crippen molar-refractivity contribution in [1.82, 2.24) is 10.2 Å². The molecule has 0 saturated carbocycles. The van der Waals surface area contributed by atoms with Gasteiger partial charge in [-0.3, -0.25) is 9.59 Å². The SMILES string of the molecule is CCOc1ccc(CCC(=O)N(Cc2ccccc2Cl)[C@H](C)C(=O)N[C@H](C)CC)cc1OCC. The summed E-state index contributed by atoms with van der Waals surface area (Å²) in [5.74, 6) is 1.08. The number of nitrogens with zero attached hydrogens (tertiary/aromatic N) is 1. The van der Waals surface area contributed by atoms with E-state index in [1.54, 1.807) is 17.9 Å². The minimum absolute atomic E-state index is 0.0352. The van der Waals surface area contributed by atoms with E-state index in [1.807, 2.05) is 64.1 Å². The zero-order valence-electron chi connectivity index (χ0n) is 20.9. The molecule has 0 aliphatic rings. The van der Waals surface area contributed by atoms with Gasteiger partial charge in [0, 0.05) is 24.0 Å². The summed E-state index contributed by atoms with van der Waals surface area (Å²) in [7, 11) is 0. The summed E-state index contributed by atoms with van der Waals surface area (Å²) >= 11 is 6.36. The third-order valence-electron chi connectivity index (χ3n) is 5.70. The lowest BCUT2D eigenvalue weighted by molar-refractivity contribution is -0.140. The fourth-order valence-corrected chi connectivity index (χ4v) is 3.70. The molecule has 2 aromatic carbocycles. The minimum atomic E-state index is -0.628. The Morgan fingerprint density at radius 1 is 1.00 bits per heavy atom. The molecule has 1 N–H and O–H groups in total. The molecule has 0 aliphatic carbocycles. The van der Waals surface area contributed by atoms with Gasteiger partial charge in [-0.1, -0.05) is 42.8 Å². The minimum Gasteiger partial charge on any atom is -0.490 e. The van der Waals surface area contributed by atoms with E-state index in [1.165, 1.54) is 0 Å². The second-order valence-electron chi connectivity index (χ2n) is 8.25. The lowest BCUT2D eigenvalue weighted by atomic mass is 10.1. The average molecular weight is 489 g/mol. The molecule has 2 rings (SSSR count). The molecule has 6 nitrogen and oxygen atoms in total. The van der Waals surface area contributed by atoms with Gasteiger partial charge >= 0.3 is 0 Å². The van der Waals surface area contributed by atoms with Gasteiger partial charge in [0.05, 0.1) is 13.2 Å². The van der Waals surface area contributed by atoms with Crippen LogP contribution < -0.4 is 14.8 Å². The first-order chi connectivity index (χ1) is 16.3. The molecule has 0 spiro atoms. The van der Waals surface area contributed by atoms with Gasteiger partial charge in [0.2, 0.25) is 11.8 Å². The molecule has 0 fully saturated rings. The first kappa shape index (κ1) is 27.5. The number of nitrogens with one attached hydrogen (secondary N) is 1. The number of hydrogen-bond donors (Lipinski definition) is 1. The molecule has 7 heteroatoms. The van der Waals surface area contributed by atoms with Gasteiger partial charge < -0.3 is 19.7 Å². The highest BCUT2D eigenvalue weighted by atomic mass is 35.5. The van der Waals surface area contributed by atoms with E-state index in [-0.39, 0.29) is 30.8 Å². The molecule has 0 heterocycles. The second-order valence-corrected chi connectivity index (χ2v) is 8.66. The van der Waals surface area contributed by atoms with Crippen molar-refractivity contribution in [2.45, 2.75) is 72.5 Å². The van der Waals surface area contributed by atoms with Gasteiger partial charge in [-0.25, -0.2) is 0 Å². The third-order valence-corrected chi connectivity index (χ3v) is 6.07.